The molecule has 0 spiro atoms. The van der Waals surface area contributed by atoms with Crippen molar-refractivity contribution in [1.82, 2.24) is 4.90 Å². The summed E-state index contributed by atoms with van der Waals surface area (Å²) in [7, 11) is 3.92. The van der Waals surface area contributed by atoms with E-state index in [0.29, 0.717) is 17.7 Å². The number of nitrogens with zero attached hydrogens (tertiary/aromatic N) is 2. The summed E-state index contributed by atoms with van der Waals surface area (Å²) in [4.78, 5) is 17.5. The summed E-state index contributed by atoms with van der Waals surface area (Å²) < 4.78 is 5.13. The molecule has 1 aromatic carbocycles. The van der Waals surface area contributed by atoms with Gasteiger partial charge in [0, 0.05) is 24.2 Å². The van der Waals surface area contributed by atoms with Crippen LogP contribution in [0.3, 0.4) is 0 Å². The van der Waals surface area contributed by atoms with Crippen molar-refractivity contribution in [1.29, 1.82) is 0 Å². The van der Waals surface area contributed by atoms with Crippen LogP contribution in [0.15, 0.2) is 38.5 Å². The van der Waals surface area contributed by atoms with Crippen molar-refractivity contribution in [2.24, 2.45) is 4.99 Å². The van der Waals surface area contributed by atoms with E-state index in [0.717, 1.165) is 11.9 Å². The molecule has 0 atom stereocenters. The van der Waals surface area contributed by atoms with E-state index < -0.39 is 5.63 Å². The standard InChI is InChI=1S/C14H16N2O3/c1-16(2)8-7-15-9-11-12(17)5-3-10-4-6-13(18)19-14(10)11/h3-6,9,17H,7-8H2,1-2H3. The predicted molar refractivity (Wildman–Crippen MR) is 75.2 cm³/mol. The number of phenols is 1. The molecule has 5 heteroatoms. The molecular weight excluding hydrogens is 244 g/mol. The molecule has 1 heterocycles. The first-order chi connectivity index (χ1) is 9.08. The summed E-state index contributed by atoms with van der Waals surface area (Å²) in [5.74, 6) is 0.0513. The summed E-state index contributed by atoms with van der Waals surface area (Å²) in [5.41, 5.74) is 0.358. The highest BCUT2D eigenvalue weighted by Gasteiger charge is 2.07. The molecule has 0 fully saturated rings. The Kier molecular flexibility index (Phi) is 3.97. The minimum Gasteiger partial charge on any atom is -0.507 e. The van der Waals surface area contributed by atoms with Gasteiger partial charge < -0.3 is 14.4 Å². The van der Waals surface area contributed by atoms with E-state index in [1.807, 2.05) is 19.0 Å². The van der Waals surface area contributed by atoms with Gasteiger partial charge in [0.25, 0.3) is 0 Å². The van der Waals surface area contributed by atoms with E-state index in [1.54, 1.807) is 24.4 Å². The molecule has 0 radical (unpaired) electrons. The molecule has 2 rings (SSSR count). The summed E-state index contributed by atoms with van der Waals surface area (Å²) in [6.07, 6.45) is 1.55. The van der Waals surface area contributed by atoms with Crippen molar-refractivity contribution in [2.45, 2.75) is 0 Å². The summed E-state index contributed by atoms with van der Waals surface area (Å²) >= 11 is 0. The Labute approximate surface area is 110 Å². The molecule has 1 N–H and O–H groups in total. The Bertz CT molecular complexity index is 659. The number of benzene rings is 1. The van der Waals surface area contributed by atoms with E-state index in [1.165, 1.54) is 6.07 Å². The highest BCUT2D eigenvalue weighted by atomic mass is 16.4. The Morgan fingerprint density at radius 3 is 2.79 bits per heavy atom. The molecule has 19 heavy (non-hydrogen) atoms. The number of rotatable bonds is 4. The maximum absolute atomic E-state index is 11.3. The van der Waals surface area contributed by atoms with Crippen molar-refractivity contribution in [3.63, 3.8) is 0 Å². The molecule has 0 aliphatic heterocycles. The van der Waals surface area contributed by atoms with Gasteiger partial charge in [-0.05, 0) is 32.3 Å². The fourth-order valence-electron chi connectivity index (χ4n) is 1.68. The van der Waals surface area contributed by atoms with Crippen molar-refractivity contribution in [2.75, 3.05) is 27.2 Å². The maximum Gasteiger partial charge on any atom is 0.336 e. The first kappa shape index (κ1) is 13.3. The van der Waals surface area contributed by atoms with Crippen molar-refractivity contribution < 1.29 is 9.52 Å². The minimum absolute atomic E-state index is 0.0513. The van der Waals surface area contributed by atoms with Crippen LogP contribution in [0.5, 0.6) is 5.75 Å². The second-order valence-corrected chi connectivity index (χ2v) is 4.51. The molecule has 0 aliphatic carbocycles. The normalized spacial score (nSPS) is 11.7. The van der Waals surface area contributed by atoms with E-state index in [4.69, 9.17) is 4.42 Å². The molecule has 2 aromatic rings. The fourth-order valence-corrected chi connectivity index (χ4v) is 1.68. The van der Waals surface area contributed by atoms with Gasteiger partial charge in [-0.2, -0.15) is 0 Å². The Balaban J connectivity index is 2.38. The van der Waals surface area contributed by atoms with Crippen LogP contribution in [0.25, 0.3) is 11.0 Å². The molecule has 0 saturated heterocycles. The van der Waals surface area contributed by atoms with Crippen LogP contribution in [-0.2, 0) is 0 Å². The lowest BCUT2D eigenvalue weighted by Crippen LogP contribution is -2.15. The van der Waals surface area contributed by atoms with Crippen LogP contribution < -0.4 is 5.63 Å². The Morgan fingerprint density at radius 2 is 2.05 bits per heavy atom. The monoisotopic (exact) mass is 260 g/mol. The highest BCUT2D eigenvalue weighted by molar-refractivity contribution is 5.99. The number of aliphatic imine (C=N–C) groups is 1. The number of phenolic OH excluding ortho intramolecular Hbond substituents is 1. The van der Waals surface area contributed by atoms with Gasteiger partial charge in [0.1, 0.15) is 5.75 Å². The average Bonchev–Trinajstić information content (AvgIpc) is 2.36. The molecule has 0 unspecified atom stereocenters. The lowest BCUT2D eigenvalue weighted by atomic mass is 10.1. The van der Waals surface area contributed by atoms with Gasteiger partial charge in [-0.1, -0.05) is 0 Å². The van der Waals surface area contributed by atoms with Crippen molar-refractivity contribution in [3.8, 4) is 5.75 Å². The lowest BCUT2D eigenvalue weighted by molar-refractivity contribution is 0.421. The van der Waals surface area contributed by atoms with Crippen molar-refractivity contribution in [3.05, 3.63) is 40.2 Å². The van der Waals surface area contributed by atoms with Gasteiger partial charge >= 0.3 is 5.63 Å². The van der Waals surface area contributed by atoms with Crippen LogP contribution >= 0.6 is 0 Å². The van der Waals surface area contributed by atoms with Crippen LogP contribution in [0, 0.1) is 0 Å². The lowest BCUT2D eigenvalue weighted by Gasteiger charge is -2.06. The predicted octanol–water partition coefficient (Wildman–Crippen LogP) is 1.48. The number of hydrogen-bond acceptors (Lipinski definition) is 5. The highest BCUT2D eigenvalue weighted by Crippen LogP contribution is 2.24. The molecule has 0 aliphatic rings. The van der Waals surface area contributed by atoms with Gasteiger partial charge in [0.2, 0.25) is 0 Å². The van der Waals surface area contributed by atoms with Gasteiger partial charge in [-0.15, -0.1) is 0 Å². The van der Waals surface area contributed by atoms with Crippen LogP contribution in [0.2, 0.25) is 0 Å². The zero-order valence-electron chi connectivity index (χ0n) is 11.0. The minimum atomic E-state index is -0.443. The van der Waals surface area contributed by atoms with Crippen LogP contribution in [0.4, 0.5) is 0 Å². The molecule has 0 saturated carbocycles. The number of likely N-dealkylation sites (N-methyl/N-ethyl adjacent to an activating group) is 1. The SMILES string of the molecule is CN(C)CCN=Cc1c(O)ccc2ccc(=O)oc12. The zero-order valence-corrected chi connectivity index (χ0v) is 11.0. The summed E-state index contributed by atoms with van der Waals surface area (Å²) in [6, 6.07) is 6.28. The van der Waals surface area contributed by atoms with Gasteiger partial charge in [-0.25, -0.2) is 4.79 Å². The van der Waals surface area contributed by atoms with Crippen LogP contribution in [-0.4, -0.2) is 43.4 Å². The molecule has 5 nitrogen and oxygen atoms in total. The van der Waals surface area contributed by atoms with E-state index in [9.17, 15) is 9.90 Å². The zero-order chi connectivity index (χ0) is 13.8. The fraction of sp³-hybridized carbons (Fsp3) is 0.286. The summed E-state index contributed by atoms with van der Waals surface area (Å²) in [5, 5.41) is 10.6. The largest absolute Gasteiger partial charge is 0.507 e. The molecular formula is C14H16N2O3. The Hall–Kier alpha value is -2.14. The van der Waals surface area contributed by atoms with Crippen LogP contribution in [0.1, 0.15) is 5.56 Å². The third-order valence-electron chi connectivity index (χ3n) is 2.70. The first-order valence-corrected chi connectivity index (χ1v) is 5.98. The maximum atomic E-state index is 11.3. The molecule has 0 bridgehead atoms. The molecule has 0 amide bonds. The Morgan fingerprint density at radius 1 is 1.32 bits per heavy atom. The van der Waals surface area contributed by atoms with E-state index in [-0.39, 0.29) is 5.75 Å². The van der Waals surface area contributed by atoms with Gasteiger partial charge in [0.05, 0.1) is 12.1 Å². The quantitative estimate of drug-likeness (QED) is 0.668. The first-order valence-electron chi connectivity index (χ1n) is 5.98. The van der Waals surface area contributed by atoms with Gasteiger partial charge in [0.15, 0.2) is 5.58 Å². The summed E-state index contributed by atoms with van der Waals surface area (Å²) in [6.45, 7) is 1.42. The van der Waals surface area contributed by atoms with Gasteiger partial charge in [-0.3, -0.25) is 4.99 Å². The third-order valence-corrected chi connectivity index (χ3v) is 2.70. The molecule has 100 valence electrons. The second-order valence-electron chi connectivity index (χ2n) is 4.51. The topological polar surface area (TPSA) is 66.0 Å². The number of aromatic hydroxyl groups is 1. The average molecular weight is 260 g/mol. The van der Waals surface area contributed by atoms with E-state index >= 15 is 0 Å². The van der Waals surface area contributed by atoms with Crippen molar-refractivity contribution >= 4 is 17.2 Å². The van der Waals surface area contributed by atoms with E-state index in [2.05, 4.69) is 4.99 Å². The smallest absolute Gasteiger partial charge is 0.336 e. The third kappa shape index (κ3) is 3.20. The number of fused-ring (bicyclic) bond motifs is 1. The molecule has 1 aromatic heterocycles. The number of hydrogen-bond donors (Lipinski definition) is 1. The second kappa shape index (κ2) is 5.67.